The van der Waals surface area contributed by atoms with E-state index in [9.17, 15) is 14.4 Å². The van der Waals surface area contributed by atoms with Gasteiger partial charge in [-0.1, -0.05) is 12.1 Å². The van der Waals surface area contributed by atoms with E-state index in [1.807, 2.05) is 37.3 Å². The number of rotatable bonds is 6. The molecule has 8 heteroatoms. The molecule has 0 saturated carbocycles. The van der Waals surface area contributed by atoms with Crippen molar-refractivity contribution in [3.63, 3.8) is 0 Å². The van der Waals surface area contributed by atoms with Crippen molar-refractivity contribution in [1.29, 1.82) is 0 Å². The Balaban J connectivity index is 1.68. The van der Waals surface area contributed by atoms with Gasteiger partial charge in [0.1, 0.15) is 12.3 Å². The number of hydrogen-bond acceptors (Lipinski definition) is 5. The Morgan fingerprint density at radius 1 is 1.21 bits per heavy atom. The molecule has 0 atom stereocenters. The molecule has 0 bridgehead atoms. The van der Waals surface area contributed by atoms with Crippen molar-refractivity contribution in [2.75, 3.05) is 18.5 Å². The van der Waals surface area contributed by atoms with Crippen molar-refractivity contribution in [3.8, 4) is 5.75 Å². The van der Waals surface area contributed by atoms with E-state index in [0.717, 1.165) is 25.8 Å². The standard InChI is InChI=1S/C20H17IN2O4S/c1-2-27-16-5-3-4-13(10-16)11-17-19(25)23(20(26)28-17)12-18(24)22-15-8-6-14(21)7-9-15/h3-11H,2,12H2,1H3,(H,22,24)/b17-11-. The van der Waals surface area contributed by atoms with Crippen LogP contribution in [-0.2, 0) is 9.59 Å². The highest BCUT2D eigenvalue weighted by Gasteiger charge is 2.36. The molecule has 1 fully saturated rings. The molecule has 0 spiro atoms. The third-order valence-electron chi connectivity index (χ3n) is 3.77. The smallest absolute Gasteiger partial charge is 0.294 e. The van der Waals surface area contributed by atoms with Gasteiger partial charge in [0.05, 0.1) is 11.5 Å². The third-order valence-corrected chi connectivity index (χ3v) is 5.40. The van der Waals surface area contributed by atoms with E-state index in [1.165, 1.54) is 0 Å². The first-order valence-corrected chi connectivity index (χ1v) is 10.4. The van der Waals surface area contributed by atoms with Crippen LogP contribution in [0, 0.1) is 3.57 Å². The van der Waals surface area contributed by atoms with Gasteiger partial charge in [-0.3, -0.25) is 19.3 Å². The normalized spacial score (nSPS) is 15.2. The van der Waals surface area contributed by atoms with Gasteiger partial charge in [0, 0.05) is 9.26 Å². The minimum atomic E-state index is -0.477. The van der Waals surface area contributed by atoms with E-state index in [-0.39, 0.29) is 11.4 Å². The number of benzene rings is 2. The van der Waals surface area contributed by atoms with Crippen molar-refractivity contribution in [2.24, 2.45) is 0 Å². The van der Waals surface area contributed by atoms with Crippen LogP contribution in [0.5, 0.6) is 5.75 Å². The zero-order valence-corrected chi connectivity index (χ0v) is 18.0. The molecular formula is C20H17IN2O4S. The van der Waals surface area contributed by atoms with Crippen LogP contribution in [0.25, 0.3) is 6.08 Å². The maximum atomic E-state index is 12.6. The fourth-order valence-electron chi connectivity index (χ4n) is 2.53. The summed E-state index contributed by atoms with van der Waals surface area (Å²) < 4.78 is 6.49. The third kappa shape index (κ3) is 5.14. The molecule has 2 aromatic carbocycles. The number of imide groups is 1. The summed E-state index contributed by atoms with van der Waals surface area (Å²) in [6.07, 6.45) is 1.63. The molecule has 6 nitrogen and oxygen atoms in total. The van der Waals surface area contributed by atoms with Gasteiger partial charge in [-0.25, -0.2) is 0 Å². The van der Waals surface area contributed by atoms with Crippen molar-refractivity contribution < 1.29 is 19.1 Å². The maximum Gasteiger partial charge on any atom is 0.294 e. The molecule has 1 N–H and O–H groups in total. The number of carbonyl (C=O) groups is 3. The molecular weight excluding hydrogens is 491 g/mol. The van der Waals surface area contributed by atoms with E-state index in [1.54, 1.807) is 24.3 Å². The second-order valence-corrected chi connectivity index (χ2v) is 8.07. The molecule has 144 valence electrons. The highest BCUT2D eigenvalue weighted by molar-refractivity contribution is 14.1. The maximum absolute atomic E-state index is 12.6. The zero-order chi connectivity index (χ0) is 20.1. The fraction of sp³-hybridized carbons (Fsp3) is 0.150. The molecule has 0 aliphatic carbocycles. The lowest BCUT2D eigenvalue weighted by Crippen LogP contribution is -2.36. The highest BCUT2D eigenvalue weighted by Crippen LogP contribution is 2.32. The van der Waals surface area contributed by atoms with Crippen LogP contribution in [0.1, 0.15) is 12.5 Å². The first-order chi connectivity index (χ1) is 13.5. The summed E-state index contributed by atoms with van der Waals surface area (Å²) in [5, 5.41) is 2.23. The van der Waals surface area contributed by atoms with Gasteiger partial charge in [-0.15, -0.1) is 0 Å². The summed E-state index contributed by atoms with van der Waals surface area (Å²) >= 11 is 2.99. The number of nitrogens with one attached hydrogen (secondary N) is 1. The van der Waals surface area contributed by atoms with Gasteiger partial charge < -0.3 is 10.1 Å². The minimum Gasteiger partial charge on any atom is -0.494 e. The summed E-state index contributed by atoms with van der Waals surface area (Å²) in [5.74, 6) is -0.218. The summed E-state index contributed by atoms with van der Waals surface area (Å²) in [5.41, 5.74) is 1.36. The Labute approximate surface area is 180 Å². The number of halogens is 1. The van der Waals surface area contributed by atoms with Crippen LogP contribution < -0.4 is 10.1 Å². The predicted octanol–water partition coefficient (Wildman–Crippen LogP) is 4.36. The molecule has 1 aliphatic rings. The van der Waals surface area contributed by atoms with E-state index in [4.69, 9.17) is 4.74 Å². The number of anilines is 1. The monoisotopic (exact) mass is 508 g/mol. The Bertz CT molecular complexity index is 943. The topological polar surface area (TPSA) is 75.7 Å². The van der Waals surface area contributed by atoms with E-state index in [2.05, 4.69) is 27.9 Å². The van der Waals surface area contributed by atoms with Crippen molar-refractivity contribution in [3.05, 3.63) is 62.6 Å². The zero-order valence-electron chi connectivity index (χ0n) is 15.0. The number of thioether (sulfide) groups is 1. The number of carbonyl (C=O) groups excluding carboxylic acids is 3. The summed E-state index contributed by atoms with van der Waals surface area (Å²) in [6, 6.07) is 14.5. The van der Waals surface area contributed by atoms with Crippen molar-refractivity contribution in [1.82, 2.24) is 4.90 Å². The number of amides is 3. The second kappa shape index (κ2) is 9.24. The van der Waals surface area contributed by atoms with Gasteiger partial charge in [0.15, 0.2) is 0 Å². The van der Waals surface area contributed by atoms with Crippen LogP contribution in [-0.4, -0.2) is 35.1 Å². The van der Waals surface area contributed by atoms with Crippen LogP contribution in [0.3, 0.4) is 0 Å². The first-order valence-electron chi connectivity index (χ1n) is 8.50. The van der Waals surface area contributed by atoms with Crippen LogP contribution >= 0.6 is 34.4 Å². The van der Waals surface area contributed by atoms with Gasteiger partial charge in [-0.05, 0) is 89.3 Å². The molecule has 1 heterocycles. The average molecular weight is 508 g/mol. The minimum absolute atomic E-state index is 0.278. The molecule has 0 aromatic heterocycles. The Morgan fingerprint density at radius 3 is 2.68 bits per heavy atom. The summed E-state index contributed by atoms with van der Waals surface area (Å²) in [6.45, 7) is 2.10. The highest BCUT2D eigenvalue weighted by atomic mass is 127. The lowest BCUT2D eigenvalue weighted by Gasteiger charge is -2.12. The number of hydrogen-bond donors (Lipinski definition) is 1. The number of ether oxygens (including phenoxy) is 1. The lowest BCUT2D eigenvalue weighted by atomic mass is 10.2. The molecule has 2 aromatic rings. The molecule has 0 radical (unpaired) electrons. The van der Waals surface area contributed by atoms with Crippen molar-refractivity contribution >= 4 is 63.2 Å². The quantitative estimate of drug-likeness (QED) is 0.464. The Hall–Kier alpha value is -2.33. The van der Waals surface area contributed by atoms with E-state index in [0.29, 0.717) is 18.0 Å². The van der Waals surface area contributed by atoms with Crippen LogP contribution in [0.4, 0.5) is 10.5 Å². The molecule has 1 saturated heterocycles. The van der Waals surface area contributed by atoms with Gasteiger partial charge >= 0.3 is 0 Å². The van der Waals surface area contributed by atoms with E-state index < -0.39 is 17.1 Å². The fourth-order valence-corrected chi connectivity index (χ4v) is 3.72. The van der Waals surface area contributed by atoms with Gasteiger partial charge in [0.2, 0.25) is 5.91 Å². The molecule has 1 aliphatic heterocycles. The largest absolute Gasteiger partial charge is 0.494 e. The summed E-state index contributed by atoms with van der Waals surface area (Å²) in [7, 11) is 0. The van der Waals surface area contributed by atoms with Crippen molar-refractivity contribution in [2.45, 2.75) is 6.92 Å². The predicted molar refractivity (Wildman–Crippen MR) is 118 cm³/mol. The van der Waals surface area contributed by atoms with Gasteiger partial charge in [0.25, 0.3) is 11.1 Å². The number of nitrogens with zero attached hydrogens (tertiary/aromatic N) is 1. The second-order valence-electron chi connectivity index (χ2n) is 5.83. The SMILES string of the molecule is CCOc1cccc(/C=C2\SC(=O)N(CC(=O)Nc3ccc(I)cc3)C2=O)c1. The molecule has 0 unspecified atom stereocenters. The van der Waals surface area contributed by atoms with Gasteiger partial charge in [-0.2, -0.15) is 0 Å². The summed E-state index contributed by atoms with van der Waals surface area (Å²) in [4.78, 5) is 38.2. The molecule has 28 heavy (non-hydrogen) atoms. The Morgan fingerprint density at radius 2 is 1.96 bits per heavy atom. The molecule has 3 rings (SSSR count). The first kappa shape index (κ1) is 20.4. The van der Waals surface area contributed by atoms with E-state index >= 15 is 0 Å². The lowest BCUT2D eigenvalue weighted by molar-refractivity contribution is -0.127. The average Bonchev–Trinajstić information content (AvgIpc) is 2.92. The Kier molecular flexibility index (Phi) is 6.74. The van der Waals surface area contributed by atoms with Crippen LogP contribution in [0.2, 0.25) is 0 Å². The molecule has 3 amide bonds. The van der Waals surface area contributed by atoms with Crippen LogP contribution in [0.15, 0.2) is 53.4 Å².